The van der Waals surface area contributed by atoms with Crippen LogP contribution >= 0.6 is 11.3 Å². The normalized spacial score (nSPS) is 12.2. The maximum Gasteiger partial charge on any atom is 0.127 e. The third-order valence-electron chi connectivity index (χ3n) is 3.29. The van der Waals surface area contributed by atoms with Gasteiger partial charge in [-0.05, 0) is 32.0 Å². The molecule has 2 aromatic rings. The van der Waals surface area contributed by atoms with E-state index >= 15 is 0 Å². The first-order chi connectivity index (χ1) is 9.63. The van der Waals surface area contributed by atoms with Gasteiger partial charge >= 0.3 is 0 Å². The van der Waals surface area contributed by atoms with Crippen molar-refractivity contribution in [1.29, 1.82) is 0 Å². The highest BCUT2D eigenvalue weighted by molar-refractivity contribution is 7.11. The van der Waals surface area contributed by atoms with Crippen molar-refractivity contribution < 1.29 is 9.47 Å². The lowest BCUT2D eigenvalue weighted by Crippen LogP contribution is -2.18. The molecule has 1 N–H and O–H groups in total. The molecule has 0 radical (unpaired) electrons. The standard InChI is InChI=1S/C16H21NO2S/c1-11-5-7-14(20-11)10-17-12(2)15-8-6-13(18-3)9-16(15)19-4/h5-9,12,17H,10H2,1-4H3. The van der Waals surface area contributed by atoms with Gasteiger partial charge in [-0.15, -0.1) is 11.3 Å². The Kier molecular flexibility index (Phi) is 5.04. The van der Waals surface area contributed by atoms with Crippen LogP contribution in [0.15, 0.2) is 30.3 Å². The lowest BCUT2D eigenvalue weighted by atomic mass is 10.1. The smallest absolute Gasteiger partial charge is 0.127 e. The monoisotopic (exact) mass is 291 g/mol. The highest BCUT2D eigenvalue weighted by Crippen LogP contribution is 2.29. The Hall–Kier alpha value is -1.52. The summed E-state index contributed by atoms with van der Waals surface area (Å²) in [6, 6.07) is 10.5. The summed E-state index contributed by atoms with van der Waals surface area (Å²) in [5, 5.41) is 3.53. The van der Waals surface area contributed by atoms with Crippen molar-refractivity contribution in [2.24, 2.45) is 0 Å². The first-order valence-corrected chi connectivity index (χ1v) is 7.46. The van der Waals surface area contributed by atoms with E-state index in [1.807, 2.05) is 23.5 Å². The molecule has 0 aliphatic carbocycles. The zero-order valence-electron chi connectivity index (χ0n) is 12.4. The Bertz CT molecular complexity index is 565. The fourth-order valence-corrected chi connectivity index (χ4v) is 2.96. The first kappa shape index (κ1) is 14.9. The van der Waals surface area contributed by atoms with Crippen molar-refractivity contribution in [3.05, 3.63) is 45.6 Å². The van der Waals surface area contributed by atoms with E-state index < -0.39 is 0 Å². The van der Waals surface area contributed by atoms with Crippen molar-refractivity contribution in [1.82, 2.24) is 5.32 Å². The zero-order valence-corrected chi connectivity index (χ0v) is 13.2. The first-order valence-electron chi connectivity index (χ1n) is 6.64. The Morgan fingerprint density at radius 3 is 2.55 bits per heavy atom. The van der Waals surface area contributed by atoms with E-state index in [4.69, 9.17) is 9.47 Å². The van der Waals surface area contributed by atoms with Gasteiger partial charge < -0.3 is 14.8 Å². The van der Waals surface area contributed by atoms with Crippen LogP contribution in [0.2, 0.25) is 0 Å². The number of rotatable bonds is 6. The van der Waals surface area contributed by atoms with Crippen LogP contribution in [0.25, 0.3) is 0 Å². The van der Waals surface area contributed by atoms with Gasteiger partial charge in [-0.3, -0.25) is 0 Å². The Morgan fingerprint density at radius 2 is 1.95 bits per heavy atom. The third-order valence-corrected chi connectivity index (χ3v) is 4.29. The number of thiophene rings is 1. The summed E-state index contributed by atoms with van der Waals surface area (Å²) in [4.78, 5) is 2.69. The molecule has 1 aromatic heterocycles. The number of ether oxygens (including phenoxy) is 2. The highest BCUT2D eigenvalue weighted by Gasteiger charge is 2.12. The van der Waals surface area contributed by atoms with Crippen LogP contribution in [0.4, 0.5) is 0 Å². The predicted molar refractivity (Wildman–Crippen MR) is 83.9 cm³/mol. The molecule has 0 saturated carbocycles. The van der Waals surface area contributed by atoms with E-state index in [2.05, 4.69) is 37.4 Å². The van der Waals surface area contributed by atoms with Gasteiger partial charge in [0.2, 0.25) is 0 Å². The summed E-state index contributed by atoms with van der Waals surface area (Å²) in [6.45, 7) is 5.14. The highest BCUT2D eigenvalue weighted by atomic mass is 32.1. The summed E-state index contributed by atoms with van der Waals surface area (Å²) in [5.74, 6) is 1.67. The quantitative estimate of drug-likeness (QED) is 0.875. The molecule has 0 bridgehead atoms. The topological polar surface area (TPSA) is 30.5 Å². The van der Waals surface area contributed by atoms with E-state index in [9.17, 15) is 0 Å². The molecule has 0 spiro atoms. The van der Waals surface area contributed by atoms with E-state index in [1.54, 1.807) is 14.2 Å². The van der Waals surface area contributed by atoms with Crippen molar-refractivity contribution >= 4 is 11.3 Å². The van der Waals surface area contributed by atoms with Crippen molar-refractivity contribution in [3.63, 3.8) is 0 Å². The van der Waals surface area contributed by atoms with Gasteiger partial charge in [-0.25, -0.2) is 0 Å². The van der Waals surface area contributed by atoms with Crippen LogP contribution in [0, 0.1) is 6.92 Å². The molecule has 0 saturated heterocycles. The third kappa shape index (κ3) is 3.52. The van der Waals surface area contributed by atoms with Gasteiger partial charge in [0.25, 0.3) is 0 Å². The van der Waals surface area contributed by atoms with Gasteiger partial charge in [0.05, 0.1) is 14.2 Å². The maximum atomic E-state index is 5.45. The number of benzene rings is 1. The van der Waals surface area contributed by atoms with Gasteiger partial charge in [0.1, 0.15) is 11.5 Å². The van der Waals surface area contributed by atoms with Crippen molar-refractivity contribution in [2.75, 3.05) is 14.2 Å². The lowest BCUT2D eigenvalue weighted by molar-refractivity contribution is 0.386. The summed E-state index contributed by atoms with van der Waals surface area (Å²) in [6.07, 6.45) is 0. The maximum absolute atomic E-state index is 5.45. The number of nitrogens with one attached hydrogen (secondary N) is 1. The number of methoxy groups -OCH3 is 2. The minimum absolute atomic E-state index is 0.221. The Labute approximate surface area is 124 Å². The van der Waals surface area contributed by atoms with Crippen LogP contribution in [0.1, 0.15) is 28.3 Å². The Morgan fingerprint density at radius 1 is 1.15 bits per heavy atom. The molecular formula is C16H21NO2S. The average molecular weight is 291 g/mol. The minimum atomic E-state index is 0.221. The fourth-order valence-electron chi connectivity index (χ4n) is 2.12. The SMILES string of the molecule is COc1ccc(C(C)NCc2ccc(C)s2)c(OC)c1. The van der Waals surface area contributed by atoms with Crippen LogP contribution in [0.3, 0.4) is 0 Å². The summed E-state index contributed by atoms with van der Waals surface area (Å²) in [5.41, 5.74) is 1.14. The molecule has 2 rings (SSSR count). The molecule has 4 heteroatoms. The molecule has 108 valence electrons. The van der Waals surface area contributed by atoms with E-state index in [-0.39, 0.29) is 6.04 Å². The zero-order chi connectivity index (χ0) is 14.5. The molecule has 1 heterocycles. The summed E-state index contributed by atoms with van der Waals surface area (Å²) >= 11 is 1.83. The molecule has 0 fully saturated rings. The predicted octanol–water partition coefficient (Wildman–Crippen LogP) is 3.92. The van der Waals surface area contributed by atoms with Crippen LogP contribution in [-0.4, -0.2) is 14.2 Å². The molecule has 3 nitrogen and oxygen atoms in total. The van der Waals surface area contributed by atoms with Crippen LogP contribution in [-0.2, 0) is 6.54 Å². The number of hydrogen-bond donors (Lipinski definition) is 1. The minimum Gasteiger partial charge on any atom is -0.497 e. The van der Waals surface area contributed by atoms with Crippen molar-refractivity contribution in [3.8, 4) is 11.5 Å². The molecule has 0 aliphatic rings. The van der Waals surface area contributed by atoms with Gasteiger partial charge in [-0.2, -0.15) is 0 Å². The second-order valence-electron chi connectivity index (χ2n) is 4.72. The molecule has 0 aliphatic heterocycles. The number of hydrogen-bond acceptors (Lipinski definition) is 4. The van der Waals surface area contributed by atoms with E-state index in [1.165, 1.54) is 9.75 Å². The van der Waals surface area contributed by atoms with E-state index in [0.717, 1.165) is 23.6 Å². The average Bonchev–Trinajstić information content (AvgIpc) is 2.89. The molecule has 1 aromatic carbocycles. The second-order valence-corrected chi connectivity index (χ2v) is 6.10. The number of aryl methyl sites for hydroxylation is 1. The summed E-state index contributed by atoms with van der Waals surface area (Å²) in [7, 11) is 3.35. The lowest BCUT2D eigenvalue weighted by Gasteiger charge is -2.17. The molecular weight excluding hydrogens is 270 g/mol. The summed E-state index contributed by atoms with van der Waals surface area (Å²) < 4.78 is 10.7. The van der Waals surface area contributed by atoms with Gasteiger partial charge in [-0.1, -0.05) is 6.07 Å². The molecule has 0 amide bonds. The second kappa shape index (κ2) is 6.77. The van der Waals surface area contributed by atoms with Crippen LogP contribution in [0.5, 0.6) is 11.5 Å². The molecule has 1 atom stereocenters. The Balaban J connectivity index is 2.06. The fraction of sp³-hybridized carbons (Fsp3) is 0.375. The van der Waals surface area contributed by atoms with E-state index in [0.29, 0.717) is 0 Å². The van der Waals surface area contributed by atoms with Crippen LogP contribution < -0.4 is 14.8 Å². The van der Waals surface area contributed by atoms with Crippen molar-refractivity contribution in [2.45, 2.75) is 26.4 Å². The largest absolute Gasteiger partial charge is 0.497 e. The molecule has 20 heavy (non-hydrogen) atoms. The van der Waals surface area contributed by atoms with Gasteiger partial charge in [0, 0.05) is 34.0 Å². The van der Waals surface area contributed by atoms with Gasteiger partial charge in [0.15, 0.2) is 0 Å². The molecule has 1 unspecified atom stereocenters.